The number of aromatic nitrogens is 4. The van der Waals surface area contributed by atoms with Crippen molar-refractivity contribution in [3.05, 3.63) is 493 Å². The minimum Gasteiger partial charge on any atom is -0.309 e. The monoisotopic (exact) mass is 1610 g/mol. The molecule has 0 atom stereocenters. The molecule has 8 heteroatoms. The van der Waals surface area contributed by atoms with Gasteiger partial charge in [0.05, 0.1) is 44.1 Å². The summed E-state index contributed by atoms with van der Waals surface area (Å²) >= 11 is 0. The minimum atomic E-state index is -0.151. The lowest BCUT2D eigenvalue weighted by atomic mass is 9.84. The van der Waals surface area contributed by atoms with E-state index in [1.807, 2.05) is 72.8 Å². The molecule has 0 amide bonds. The topological polar surface area (TPSA) is 88.0 Å². The molecule has 0 aliphatic heterocycles. The third-order valence-electron chi connectivity index (χ3n) is 25.2. The van der Waals surface area contributed by atoms with Gasteiger partial charge in [0.15, 0.2) is 23.1 Å². The lowest BCUT2D eigenvalue weighted by Crippen LogP contribution is -2.04. The van der Waals surface area contributed by atoms with Crippen LogP contribution in [0, 0.1) is 0 Å². The number of para-hydroxylation sites is 6. The molecule has 0 bridgehead atoms. The fourth-order valence-electron chi connectivity index (χ4n) is 19.1. The zero-order chi connectivity index (χ0) is 84.0. The number of hydrogen-bond donors (Lipinski definition) is 0. The SMILES string of the molecule is O=C(c1ccccc1)c1ccc(C(=O)c2cccc(-c3cccc(-c4cc(-c5ccc(-n6c7ccccc7c7cc(-n8c9ccccc9c9ccccc98)ccc76)cc5)c(-c5cccc(-c6cccc(C(=O)c7ccc(C(=O)c8ccccc8)cc7)c6)c5)cc4-c4ccc(-n5c6ccccc6c6cc(-n7c8ccccc8c8ccccc87)ccc65)cc4)c3)c2)cc1. The maximum absolute atomic E-state index is 14.6. The van der Waals surface area contributed by atoms with Gasteiger partial charge in [-0.1, -0.05) is 315 Å². The van der Waals surface area contributed by atoms with Gasteiger partial charge in [-0.15, -0.1) is 0 Å². The molecule has 8 nitrogen and oxygen atoms in total. The smallest absolute Gasteiger partial charge is 0.193 e. The van der Waals surface area contributed by atoms with Crippen molar-refractivity contribution in [2.45, 2.75) is 0 Å². The summed E-state index contributed by atoms with van der Waals surface area (Å²) in [5.74, 6) is -0.513. The minimum absolute atomic E-state index is 0.106. The fraction of sp³-hybridized carbons (Fsp3) is 0. The van der Waals surface area contributed by atoms with Crippen LogP contribution in [-0.4, -0.2) is 41.4 Å². The number of rotatable bonds is 18. The summed E-state index contributed by atoms with van der Waals surface area (Å²) in [6, 6.07) is 154. The fourth-order valence-corrected chi connectivity index (χ4v) is 19.1. The molecule has 0 unspecified atom stereocenters. The summed E-state index contributed by atoms with van der Waals surface area (Å²) in [5, 5.41) is 9.46. The first-order chi connectivity index (χ1) is 62.1. The van der Waals surface area contributed by atoms with Gasteiger partial charge in [-0.2, -0.15) is 0 Å². The number of hydrogen-bond acceptors (Lipinski definition) is 4. The van der Waals surface area contributed by atoms with Gasteiger partial charge in [0.1, 0.15) is 0 Å². The second-order valence-electron chi connectivity index (χ2n) is 32.4. The van der Waals surface area contributed by atoms with Crippen molar-refractivity contribution < 1.29 is 19.2 Å². The molecular formula is C118H74N4O4. The van der Waals surface area contributed by atoms with Gasteiger partial charge in [0.2, 0.25) is 0 Å². The second kappa shape index (κ2) is 30.6. The molecule has 0 saturated carbocycles. The Kier molecular flexibility index (Phi) is 18.0. The van der Waals surface area contributed by atoms with Crippen LogP contribution in [0.25, 0.3) is 177 Å². The average molecular weight is 1610 g/mol. The lowest BCUT2D eigenvalue weighted by Gasteiger charge is -2.20. The normalized spacial score (nSPS) is 11.6. The van der Waals surface area contributed by atoms with E-state index >= 15 is 0 Å². The number of ketones is 4. The van der Waals surface area contributed by atoms with E-state index in [2.05, 4.69) is 322 Å². The molecule has 0 radical (unpaired) electrons. The van der Waals surface area contributed by atoms with Gasteiger partial charge >= 0.3 is 0 Å². The Balaban J connectivity index is 0.680. The Labute approximate surface area is 725 Å². The molecule has 19 aromatic carbocycles. The van der Waals surface area contributed by atoms with Gasteiger partial charge in [0.25, 0.3) is 0 Å². The molecule has 126 heavy (non-hydrogen) atoms. The highest BCUT2D eigenvalue weighted by molar-refractivity contribution is 6.17. The van der Waals surface area contributed by atoms with Crippen LogP contribution in [-0.2, 0) is 0 Å². The number of fused-ring (bicyclic) bond motifs is 12. The zero-order valence-corrected chi connectivity index (χ0v) is 68.1. The Morgan fingerprint density at radius 3 is 0.683 bits per heavy atom. The van der Waals surface area contributed by atoms with E-state index in [0.29, 0.717) is 44.5 Å². The summed E-state index contributed by atoms with van der Waals surface area (Å²) in [6.45, 7) is 0. The summed E-state index contributed by atoms with van der Waals surface area (Å²) in [5.41, 5.74) is 28.9. The van der Waals surface area contributed by atoms with Gasteiger partial charge in [-0.05, 0) is 200 Å². The van der Waals surface area contributed by atoms with Crippen molar-refractivity contribution in [1.29, 1.82) is 0 Å². The number of nitrogens with zero attached hydrogens (tertiary/aromatic N) is 4. The first-order valence-corrected chi connectivity index (χ1v) is 42.5. The summed E-state index contributed by atoms with van der Waals surface area (Å²) in [4.78, 5) is 56.3. The van der Waals surface area contributed by atoms with Crippen LogP contribution in [0.4, 0.5) is 0 Å². The first kappa shape index (κ1) is 74.1. The highest BCUT2D eigenvalue weighted by Crippen LogP contribution is 2.47. The molecule has 590 valence electrons. The molecule has 0 spiro atoms. The van der Waals surface area contributed by atoms with Gasteiger partial charge in [-0.25, -0.2) is 0 Å². The van der Waals surface area contributed by atoms with Crippen LogP contribution in [0.15, 0.2) is 449 Å². The van der Waals surface area contributed by atoms with Crippen molar-refractivity contribution in [3.8, 4) is 89.5 Å². The van der Waals surface area contributed by atoms with Gasteiger partial charge in [0, 0.05) is 110 Å². The molecule has 0 aliphatic rings. The summed E-state index contributed by atoms with van der Waals surface area (Å²) in [7, 11) is 0. The molecule has 23 aromatic rings. The quantitative estimate of drug-likeness (QED) is 0.0801. The van der Waals surface area contributed by atoms with Crippen LogP contribution in [0.5, 0.6) is 0 Å². The largest absolute Gasteiger partial charge is 0.309 e. The molecule has 0 aliphatic carbocycles. The van der Waals surface area contributed by atoms with E-state index in [1.165, 1.54) is 21.5 Å². The predicted molar refractivity (Wildman–Crippen MR) is 516 cm³/mol. The molecule has 0 saturated heterocycles. The average Bonchev–Trinajstić information content (AvgIpc) is 1.52. The van der Waals surface area contributed by atoms with E-state index in [0.717, 1.165) is 155 Å². The van der Waals surface area contributed by atoms with E-state index in [1.54, 1.807) is 72.8 Å². The Bertz CT molecular complexity index is 7780. The van der Waals surface area contributed by atoms with Crippen LogP contribution < -0.4 is 0 Å². The molecule has 4 aromatic heterocycles. The lowest BCUT2D eigenvalue weighted by molar-refractivity contribution is 0.102. The van der Waals surface area contributed by atoms with Crippen molar-refractivity contribution in [2.75, 3.05) is 0 Å². The van der Waals surface area contributed by atoms with Crippen LogP contribution in [0.2, 0.25) is 0 Å². The predicted octanol–water partition coefficient (Wildman–Crippen LogP) is 29.0. The number of benzene rings is 19. The van der Waals surface area contributed by atoms with Gasteiger partial charge < -0.3 is 18.3 Å². The highest BCUT2D eigenvalue weighted by Gasteiger charge is 2.25. The van der Waals surface area contributed by atoms with E-state index in [9.17, 15) is 19.2 Å². The molecule has 0 fully saturated rings. The third kappa shape index (κ3) is 12.8. The first-order valence-electron chi connectivity index (χ1n) is 42.5. The molecule has 0 N–H and O–H groups in total. The third-order valence-corrected chi connectivity index (χ3v) is 25.2. The van der Waals surface area contributed by atoms with E-state index in [-0.39, 0.29) is 23.1 Å². The van der Waals surface area contributed by atoms with Crippen molar-refractivity contribution in [1.82, 2.24) is 18.3 Å². The summed E-state index contributed by atoms with van der Waals surface area (Å²) in [6.07, 6.45) is 0. The Morgan fingerprint density at radius 2 is 0.357 bits per heavy atom. The van der Waals surface area contributed by atoms with Gasteiger partial charge in [-0.3, -0.25) is 19.2 Å². The van der Waals surface area contributed by atoms with Crippen LogP contribution >= 0.6 is 0 Å². The number of carbonyl (C=O) groups is 4. The number of carbonyl (C=O) groups excluding carboxylic acids is 4. The second-order valence-corrected chi connectivity index (χ2v) is 32.4. The molecule has 4 heterocycles. The maximum Gasteiger partial charge on any atom is 0.193 e. The summed E-state index contributed by atoms with van der Waals surface area (Å²) < 4.78 is 9.54. The molecular weight excluding hydrogens is 1540 g/mol. The highest BCUT2D eigenvalue weighted by atomic mass is 16.1. The van der Waals surface area contributed by atoms with Crippen molar-refractivity contribution in [3.63, 3.8) is 0 Å². The Morgan fingerprint density at radius 1 is 0.135 bits per heavy atom. The standard InChI is InChI=1S/C118H74N4O4/c123-115(77-23-3-1-4-24-77)79-47-51-81(52-48-79)117(125)89-33-21-29-85(69-89)83-27-19-31-87(67-83)103-73-102(76-57-61-92(62-58-76)120-112-46-18-12-40-100(112)106-72-94(64-66-114(106)120)122-109-43-15-9-37-97(109)98-38-10-16-44-110(98)122)104(88-32-20-28-84(68-88)86-30-22-34-90(70-86)118(126)82-53-49-80(50-54-82)116(124)78-25-5-2-6-26-78)74-101(103)75-55-59-91(60-56-75)119-111-45-17-11-39-99(111)105-71-93(63-65-113(105)119)121-107-41-13-7-35-95(107)96-36-8-14-42-108(96)121/h1-74H. The molecule has 23 rings (SSSR count). The van der Waals surface area contributed by atoms with Crippen molar-refractivity contribution >= 4 is 110 Å². The zero-order valence-electron chi connectivity index (χ0n) is 68.1. The Hall–Kier alpha value is -16.9. The van der Waals surface area contributed by atoms with Crippen LogP contribution in [0.1, 0.15) is 63.7 Å². The maximum atomic E-state index is 14.6. The van der Waals surface area contributed by atoms with E-state index in [4.69, 9.17) is 0 Å². The van der Waals surface area contributed by atoms with Crippen molar-refractivity contribution in [2.24, 2.45) is 0 Å². The van der Waals surface area contributed by atoms with E-state index < -0.39 is 0 Å². The van der Waals surface area contributed by atoms with Crippen LogP contribution in [0.3, 0.4) is 0 Å².